The third-order valence-corrected chi connectivity index (χ3v) is 3.63. The summed E-state index contributed by atoms with van der Waals surface area (Å²) in [5.41, 5.74) is 0. The molecule has 21 heavy (non-hydrogen) atoms. The van der Waals surface area contributed by atoms with Gasteiger partial charge in [0, 0.05) is 33.7 Å². The van der Waals surface area contributed by atoms with Gasteiger partial charge in [-0.1, -0.05) is 6.92 Å². The number of piperidine rings is 1. The molecule has 1 heterocycles. The Bertz CT molecular complexity index is 398. The van der Waals surface area contributed by atoms with E-state index in [2.05, 4.69) is 0 Å². The highest BCUT2D eigenvalue weighted by atomic mass is 16.4. The molecule has 1 N–H and O–H groups in total. The van der Waals surface area contributed by atoms with Gasteiger partial charge in [-0.15, -0.1) is 0 Å². The fourth-order valence-corrected chi connectivity index (χ4v) is 2.37. The second-order valence-electron chi connectivity index (χ2n) is 5.62. The summed E-state index contributed by atoms with van der Waals surface area (Å²) in [5, 5.41) is 9.09. The maximum absolute atomic E-state index is 12.5. The van der Waals surface area contributed by atoms with Crippen LogP contribution in [0.25, 0.3) is 0 Å². The van der Waals surface area contributed by atoms with E-state index < -0.39 is 11.9 Å². The Hall–Kier alpha value is -1.79. The lowest BCUT2D eigenvalue weighted by Gasteiger charge is -2.35. The number of nitrogens with zero attached hydrogens (tertiary/aromatic N) is 3. The second kappa shape index (κ2) is 7.85. The van der Waals surface area contributed by atoms with Crippen LogP contribution in [-0.2, 0) is 9.59 Å². The molecule has 0 aromatic rings. The number of aliphatic carboxylic acids is 1. The quantitative estimate of drug-likeness (QED) is 0.810. The zero-order chi connectivity index (χ0) is 16.0. The summed E-state index contributed by atoms with van der Waals surface area (Å²) in [6, 6.07) is -0.238. The van der Waals surface area contributed by atoms with Crippen molar-refractivity contribution in [2.75, 3.05) is 40.3 Å². The summed E-state index contributed by atoms with van der Waals surface area (Å²) >= 11 is 0. The Balaban J connectivity index is 2.71. The van der Waals surface area contributed by atoms with Crippen molar-refractivity contribution in [2.24, 2.45) is 5.92 Å². The zero-order valence-corrected chi connectivity index (χ0v) is 13.0. The molecule has 3 amide bonds. The maximum Gasteiger partial charge on any atom is 0.320 e. The number of hydrogen-bond acceptors (Lipinski definition) is 3. The minimum Gasteiger partial charge on any atom is -0.481 e. The number of likely N-dealkylation sites (tertiary alicyclic amines) is 1. The first kappa shape index (κ1) is 17.3. The van der Waals surface area contributed by atoms with Crippen LogP contribution in [-0.4, -0.2) is 78.0 Å². The Morgan fingerprint density at radius 3 is 2.48 bits per heavy atom. The van der Waals surface area contributed by atoms with E-state index in [-0.39, 0.29) is 25.0 Å². The fraction of sp³-hybridized carbons (Fsp3) is 0.786. The average molecular weight is 299 g/mol. The lowest BCUT2D eigenvalue weighted by Crippen LogP contribution is -2.51. The lowest BCUT2D eigenvalue weighted by atomic mass is 9.98. The van der Waals surface area contributed by atoms with Gasteiger partial charge in [-0.3, -0.25) is 9.59 Å². The van der Waals surface area contributed by atoms with E-state index in [9.17, 15) is 14.4 Å². The number of hydrogen-bond donors (Lipinski definition) is 1. The molecule has 0 aromatic heterocycles. The van der Waals surface area contributed by atoms with E-state index in [1.54, 1.807) is 19.0 Å². The van der Waals surface area contributed by atoms with Gasteiger partial charge >= 0.3 is 12.0 Å². The van der Waals surface area contributed by atoms with E-state index in [0.29, 0.717) is 25.9 Å². The van der Waals surface area contributed by atoms with E-state index >= 15 is 0 Å². The molecular formula is C14H25N3O4. The highest BCUT2D eigenvalue weighted by molar-refractivity contribution is 5.84. The number of carbonyl (C=O) groups excluding carboxylic acids is 2. The third-order valence-electron chi connectivity index (χ3n) is 3.63. The van der Waals surface area contributed by atoms with Gasteiger partial charge in [0.1, 0.15) is 6.54 Å². The highest BCUT2D eigenvalue weighted by Crippen LogP contribution is 2.18. The molecule has 1 atom stereocenters. The standard InChI is InChI=1S/C14H25N3O4/c1-4-7-16(10-12(18)15(2)3)14(21)17-8-5-6-11(9-17)13(19)20/h11H,4-10H2,1-3H3,(H,19,20). The third kappa shape index (κ3) is 4.91. The van der Waals surface area contributed by atoms with Crippen LogP contribution >= 0.6 is 0 Å². The molecule has 0 aliphatic carbocycles. The number of carboxylic acids is 1. The van der Waals surface area contributed by atoms with Crippen LogP contribution in [0.3, 0.4) is 0 Å². The molecule has 1 saturated heterocycles. The van der Waals surface area contributed by atoms with Gasteiger partial charge in [-0.25, -0.2) is 4.79 Å². The molecule has 0 spiro atoms. The van der Waals surface area contributed by atoms with E-state index in [1.807, 2.05) is 6.92 Å². The fourth-order valence-electron chi connectivity index (χ4n) is 2.37. The molecule has 1 aliphatic rings. The number of likely N-dealkylation sites (N-methyl/N-ethyl adjacent to an activating group) is 1. The van der Waals surface area contributed by atoms with Gasteiger partial charge in [0.05, 0.1) is 5.92 Å². The summed E-state index contributed by atoms with van der Waals surface area (Å²) in [6.07, 6.45) is 2.04. The van der Waals surface area contributed by atoms with Gasteiger partial charge in [0.25, 0.3) is 0 Å². The minimum absolute atomic E-state index is 0.0356. The molecule has 0 saturated carbocycles. The maximum atomic E-state index is 12.5. The summed E-state index contributed by atoms with van der Waals surface area (Å²) in [7, 11) is 3.30. The van der Waals surface area contributed by atoms with Crippen LogP contribution in [0.15, 0.2) is 0 Å². The summed E-state index contributed by atoms with van der Waals surface area (Å²) in [5.74, 6) is -1.50. The van der Waals surface area contributed by atoms with Crippen LogP contribution in [0.5, 0.6) is 0 Å². The number of urea groups is 1. The number of carboxylic acid groups (broad SMARTS) is 1. The SMILES string of the molecule is CCCN(CC(=O)N(C)C)C(=O)N1CCCC(C(=O)O)C1. The zero-order valence-electron chi connectivity index (χ0n) is 13.0. The van der Waals surface area contributed by atoms with Crippen molar-refractivity contribution in [3.63, 3.8) is 0 Å². The van der Waals surface area contributed by atoms with Crippen LogP contribution in [0.4, 0.5) is 4.79 Å². The van der Waals surface area contributed by atoms with E-state index in [4.69, 9.17) is 5.11 Å². The molecule has 1 aliphatic heterocycles. The van der Waals surface area contributed by atoms with Crippen molar-refractivity contribution in [1.29, 1.82) is 0 Å². The molecular weight excluding hydrogens is 274 g/mol. The molecule has 7 heteroatoms. The summed E-state index contributed by atoms with van der Waals surface area (Å²) < 4.78 is 0. The monoisotopic (exact) mass is 299 g/mol. The molecule has 7 nitrogen and oxygen atoms in total. The molecule has 0 aromatic carbocycles. The van der Waals surface area contributed by atoms with E-state index in [1.165, 1.54) is 9.80 Å². The predicted molar refractivity (Wildman–Crippen MR) is 77.9 cm³/mol. The van der Waals surface area contributed by atoms with Crippen molar-refractivity contribution in [2.45, 2.75) is 26.2 Å². The number of rotatable bonds is 5. The Labute approximate surface area is 125 Å². The molecule has 1 rings (SSSR count). The molecule has 0 bridgehead atoms. The normalized spacial score (nSPS) is 18.2. The van der Waals surface area contributed by atoms with Gasteiger partial charge in [-0.2, -0.15) is 0 Å². The van der Waals surface area contributed by atoms with Crippen LogP contribution < -0.4 is 0 Å². The van der Waals surface area contributed by atoms with Crippen LogP contribution in [0.1, 0.15) is 26.2 Å². The first-order valence-corrected chi connectivity index (χ1v) is 7.33. The van der Waals surface area contributed by atoms with Crippen LogP contribution in [0.2, 0.25) is 0 Å². The van der Waals surface area contributed by atoms with Crippen molar-refractivity contribution in [1.82, 2.24) is 14.7 Å². The predicted octanol–water partition coefficient (Wildman–Crippen LogP) is 0.703. The molecule has 1 fully saturated rings. The van der Waals surface area contributed by atoms with Gasteiger partial charge in [-0.05, 0) is 19.3 Å². The van der Waals surface area contributed by atoms with Crippen molar-refractivity contribution < 1.29 is 19.5 Å². The first-order valence-electron chi connectivity index (χ1n) is 7.33. The Morgan fingerprint density at radius 1 is 1.29 bits per heavy atom. The first-order chi connectivity index (χ1) is 9.86. The van der Waals surface area contributed by atoms with Crippen molar-refractivity contribution in [3.8, 4) is 0 Å². The van der Waals surface area contributed by atoms with Crippen molar-refractivity contribution >= 4 is 17.9 Å². The van der Waals surface area contributed by atoms with Crippen molar-refractivity contribution in [3.05, 3.63) is 0 Å². The second-order valence-corrected chi connectivity index (χ2v) is 5.62. The topological polar surface area (TPSA) is 81.2 Å². The molecule has 1 unspecified atom stereocenters. The Kier molecular flexibility index (Phi) is 6.45. The molecule has 120 valence electrons. The lowest BCUT2D eigenvalue weighted by molar-refractivity contribution is -0.143. The largest absolute Gasteiger partial charge is 0.481 e. The van der Waals surface area contributed by atoms with Gasteiger partial charge < -0.3 is 19.8 Å². The number of amides is 3. The average Bonchev–Trinajstić information content (AvgIpc) is 2.45. The highest BCUT2D eigenvalue weighted by Gasteiger charge is 2.31. The van der Waals surface area contributed by atoms with Crippen LogP contribution in [0, 0.1) is 5.92 Å². The van der Waals surface area contributed by atoms with Gasteiger partial charge in [0.2, 0.25) is 5.91 Å². The van der Waals surface area contributed by atoms with Gasteiger partial charge in [0.15, 0.2) is 0 Å². The minimum atomic E-state index is -0.862. The summed E-state index contributed by atoms with van der Waals surface area (Å²) in [6.45, 7) is 3.25. The Morgan fingerprint density at radius 2 is 1.95 bits per heavy atom. The summed E-state index contributed by atoms with van der Waals surface area (Å²) in [4.78, 5) is 39.9. The smallest absolute Gasteiger partial charge is 0.320 e. The van der Waals surface area contributed by atoms with E-state index in [0.717, 1.165) is 6.42 Å². The number of carbonyl (C=O) groups is 3. The molecule has 0 radical (unpaired) electrons.